The Morgan fingerprint density at radius 2 is 0.860 bits per heavy atom. The minimum atomic E-state index is 1.11. The molecule has 0 unspecified atom stereocenters. The molecule has 236 valence electrons. The third-order valence-corrected chi connectivity index (χ3v) is 10.7. The molecule has 0 aliphatic carbocycles. The standard InChI is InChI=1S/C48H33NS/c1-4-17-34(18-5-1)37-23-14-24-38(33-37)49(45-31-16-29-43-41-26-12-13-32-46(41)50-48(43)45)44-30-15-28-40(36-21-8-3-9-22-36)47(44)42-27-11-10-25-39(42)35-19-6-2-7-20-35/h1-33H. The number of anilines is 3. The molecule has 50 heavy (non-hydrogen) atoms. The van der Waals surface area contributed by atoms with E-state index in [-0.39, 0.29) is 0 Å². The molecule has 0 fully saturated rings. The summed E-state index contributed by atoms with van der Waals surface area (Å²) in [7, 11) is 0. The van der Waals surface area contributed by atoms with Gasteiger partial charge in [0.1, 0.15) is 0 Å². The van der Waals surface area contributed by atoms with E-state index in [2.05, 4.69) is 205 Å². The van der Waals surface area contributed by atoms with Gasteiger partial charge >= 0.3 is 0 Å². The maximum atomic E-state index is 2.49. The fourth-order valence-corrected chi connectivity index (χ4v) is 8.42. The molecule has 0 aliphatic heterocycles. The summed E-state index contributed by atoms with van der Waals surface area (Å²) in [4.78, 5) is 2.49. The molecule has 0 bridgehead atoms. The van der Waals surface area contributed by atoms with Crippen LogP contribution in [0.2, 0.25) is 0 Å². The van der Waals surface area contributed by atoms with Crippen LogP contribution in [0.15, 0.2) is 200 Å². The van der Waals surface area contributed by atoms with Gasteiger partial charge in [-0.05, 0) is 69.3 Å². The first-order valence-electron chi connectivity index (χ1n) is 17.0. The van der Waals surface area contributed by atoms with Crippen LogP contribution < -0.4 is 4.90 Å². The van der Waals surface area contributed by atoms with Gasteiger partial charge in [0.05, 0.1) is 16.1 Å². The summed E-state index contributed by atoms with van der Waals surface area (Å²) in [5, 5.41) is 2.57. The van der Waals surface area contributed by atoms with Crippen molar-refractivity contribution in [2.24, 2.45) is 0 Å². The molecule has 2 heteroatoms. The number of benzene rings is 8. The first-order chi connectivity index (χ1) is 24.8. The second kappa shape index (κ2) is 13.0. The van der Waals surface area contributed by atoms with Crippen LogP contribution in [0.25, 0.3) is 64.7 Å². The van der Waals surface area contributed by atoms with E-state index in [0.717, 1.165) is 17.1 Å². The SMILES string of the molecule is c1ccc(-c2cccc(N(c3cccc(-c4ccccc4)c3-c3ccccc3-c3ccccc3)c3cccc4c3sc3ccccc34)c2)cc1. The average molecular weight is 656 g/mol. The Balaban J connectivity index is 1.39. The Hall–Kier alpha value is -6.22. The van der Waals surface area contributed by atoms with Crippen LogP contribution in [0.5, 0.6) is 0 Å². The summed E-state index contributed by atoms with van der Waals surface area (Å²) in [6.07, 6.45) is 0. The third kappa shape index (κ3) is 5.37. The van der Waals surface area contributed by atoms with Crippen molar-refractivity contribution < 1.29 is 0 Å². The number of rotatable bonds is 7. The van der Waals surface area contributed by atoms with E-state index in [0.29, 0.717) is 0 Å². The van der Waals surface area contributed by atoms with Crippen molar-refractivity contribution in [2.75, 3.05) is 4.90 Å². The van der Waals surface area contributed by atoms with Crippen LogP contribution in [0, 0.1) is 0 Å². The molecule has 0 aliphatic rings. The topological polar surface area (TPSA) is 3.24 Å². The number of hydrogen-bond donors (Lipinski definition) is 0. The molecule has 1 aromatic heterocycles. The molecule has 8 aromatic carbocycles. The lowest BCUT2D eigenvalue weighted by molar-refractivity contribution is 1.30. The largest absolute Gasteiger partial charge is 0.308 e. The molecule has 0 amide bonds. The Kier molecular flexibility index (Phi) is 7.77. The van der Waals surface area contributed by atoms with Crippen LogP contribution in [0.3, 0.4) is 0 Å². The van der Waals surface area contributed by atoms with Gasteiger partial charge in [-0.3, -0.25) is 0 Å². The minimum absolute atomic E-state index is 1.11. The van der Waals surface area contributed by atoms with Crippen molar-refractivity contribution in [3.8, 4) is 44.5 Å². The summed E-state index contributed by atoms with van der Waals surface area (Å²) < 4.78 is 2.56. The second-order valence-electron chi connectivity index (χ2n) is 12.5. The molecule has 1 heterocycles. The molecule has 0 saturated heterocycles. The maximum absolute atomic E-state index is 2.49. The van der Waals surface area contributed by atoms with Gasteiger partial charge in [0.25, 0.3) is 0 Å². The van der Waals surface area contributed by atoms with Crippen LogP contribution in [-0.2, 0) is 0 Å². The van der Waals surface area contributed by atoms with Gasteiger partial charge in [0.2, 0.25) is 0 Å². The lowest BCUT2D eigenvalue weighted by Crippen LogP contribution is -2.12. The highest BCUT2D eigenvalue weighted by molar-refractivity contribution is 7.26. The highest BCUT2D eigenvalue weighted by atomic mass is 32.1. The lowest BCUT2D eigenvalue weighted by Gasteiger charge is -2.30. The molecular weight excluding hydrogens is 623 g/mol. The second-order valence-corrected chi connectivity index (χ2v) is 13.5. The van der Waals surface area contributed by atoms with Crippen molar-refractivity contribution in [1.29, 1.82) is 0 Å². The van der Waals surface area contributed by atoms with Crippen molar-refractivity contribution in [3.63, 3.8) is 0 Å². The van der Waals surface area contributed by atoms with Gasteiger partial charge in [-0.1, -0.05) is 170 Å². The quantitative estimate of drug-likeness (QED) is 0.165. The fourth-order valence-electron chi connectivity index (χ4n) is 7.21. The van der Waals surface area contributed by atoms with E-state index >= 15 is 0 Å². The summed E-state index contributed by atoms with van der Waals surface area (Å²) in [6, 6.07) is 72.4. The predicted octanol–water partition coefficient (Wildman–Crippen LogP) is 14.2. The Morgan fingerprint density at radius 3 is 1.62 bits per heavy atom. The average Bonchev–Trinajstić information content (AvgIpc) is 3.59. The van der Waals surface area contributed by atoms with Crippen molar-refractivity contribution in [2.45, 2.75) is 0 Å². The summed E-state index contributed by atoms with van der Waals surface area (Å²) in [6.45, 7) is 0. The fraction of sp³-hybridized carbons (Fsp3) is 0. The molecule has 1 nitrogen and oxygen atoms in total. The summed E-state index contributed by atoms with van der Waals surface area (Å²) in [5.41, 5.74) is 13.0. The van der Waals surface area contributed by atoms with E-state index in [1.54, 1.807) is 0 Å². The van der Waals surface area contributed by atoms with Crippen LogP contribution in [0.1, 0.15) is 0 Å². The lowest BCUT2D eigenvalue weighted by atomic mass is 9.87. The predicted molar refractivity (Wildman–Crippen MR) is 216 cm³/mol. The minimum Gasteiger partial charge on any atom is -0.308 e. The van der Waals surface area contributed by atoms with Crippen molar-refractivity contribution >= 4 is 48.6 Å². The number of nitrogens with zero attached hydrogens (tertiary/aromatic N) is 1. The number of fused-ring (bicyclic) bond motifs is 3. The van der Waals surface area contributed by atoms with Crippen LogP contribution >= 0.6 is 11.3 Å². The maximum Gasteiger partial charge on any atom is 0.0640 e. The van der Waals surface area contributed by atoms with E-state index in [4.69, 9.17) is 0 Å². The Bertz CT molecular complexity index is 2590. The molecule has 9 rings (SSSR count). The molecule has 0 saturated carbocycles. The first-order valence-corrected chi connectivity index (χ1v) is 17.8. The van der Waals surface area contributed by atoms with Gasteiger partial charge in [-0.2, -0.15) is 0 Å². The molecular formula is C48H33NS. The van der Waals surface area contributed by atoms with Gasteiger partial charge in [-0.15, -0.1) is 11.3 Å². The zero-order valence-electron chi connectivity index (χ0n) is 27.4. The van der Waals surface area contributed by atoms with Crippen molar-refractivity contribution in [1.82, 2.24) is 0 Å². The van der Waals surface area contributed by atoms with E-state index in [9.17, 15) is 0 Å². The summed E-state index contributed by atoms with van der Waals surface area (Å²) in [5.74, 6) is 0. The van der Waals surface area contributed by atoms with Gasteiger partial charge in [0, 0.05) is 26.7 Å². The molecule has 9 aromatic rings. The molecule has 0 radical (unpaired) electrons. The van der Waals surface area contributed by atoms with Crippen molar-refractivity contribution in [3.05, 3.63) is 200 Å². The first kappa shape index (κ1) is 29.9. The highest BCUT2D eigenvalue weighted by Crippen LogP contribution is 2.51. The van der Waals surface area contributed by atoms with E-state index in [1.807, 2.05) is 11.3 Å². The van der Waals surface area contributed by atoms with Crippen LogP contribution in [0.4, 0.5) is 17.1 Å². The third-order valence-electron chi connectivity index (χ3n) is 9.49. The van der Waals surface area contributed by atoms with Crippen LogP contribution in [-0.4, -0.2) is 0 Å². The highest BCUT2D eigenvalue weighted by Gasteiger charge is 2.24. The Morgan fingerprint density at radius 1 is 0.340 bits per heavy atom. The molecule has 0 N–H and O–H groups in total. The van der Waals surface area contributed by atoms with E-state index in [1.165, 1.54) is 64.7 Å². The zero-order chi connectivity index (χ0) is 33.3. The molecule has 0 spiro atoms. The van der Waals surface area contributed by atoms with Gasteiger partial charge < -0.3 is 4.90 Å². The number of thiophene rings is 1. The smallest absolute Gasteiger partial charge is 0.0640 e. The van der Waals surface area contributed by atoms with Gasteiger partial charge in [-0.25, -0.2) is 0 Å². The monoisotopic (exact) mass is 655 g/mol. The normalized spacial score (nSPS) is 11.2. The van der Waals surface area contributed by atoms with E-state index < -0.39 is 0 Å². The van der Waals surface area contributed by atoms with Gasteiger partial charge in [0.15, 0.2) is 0 Å². The zero-order valence-corrected chi connectivity index (χ0v) is 28.2. The Labute approximate surface area is 297 Å². The number of hydrogen-bond acceptors (Lipinski definition) is 2. The summed E-state index contributed by atoms with van der Waals surface area (Å²) >= 11 is 1.87. The molecule has 0 atom stereocenters.